The summed E-state index contributed by atoms with van der Waals surface area (Å²) < 4.78 is 4.71. The van der Waals surface area contributed by atoms with Gasteiger partial charge in [-0.2, -0.15) is 0 Å². The molecular formula is C11H18N2O4S. The Morgan fingerprint density at radius 1 is 1.56 bits per heavy atom. The van der Waals surface area contributed by atoms with E-state index in [2.05, 4.69) is 5.32 Å². The van der Waals surface area contributed by atoms with Gasteiger partial charge in [0, 0.05) is 5.75 Å². The van der Waals surface area contributed by atoms with Crippen LogP contribution in [-0.2, 0) is 19.1 Å². The Balaban J connectivity index is 2.52. The minimum Gasteiger partial charge on any atom is -0.465 e. The van der Waals surface area contributed by atoms with Gasteiger partial charge in [-0.25, -0.2) is 0 Å². The van der Waals surface area contributed by atoms with E-state index in [1.54, 1.807) is 6.92 Å². The smallest absolute Gasteiger partial charge is 0.325 e. The summed E-state index contributed by atoms with van der Waals surface area (Å²) in [6.45, 7) is 5.57. The van der Waals surface area contributed by atoms with Gasteiger partial charge in [0.2, 0.25) is 12.3 Å². The van der Waals surface area contributed by atoms with E-state index in [9.17, 15) is 14.4 Å². The van der Waals surface area contributed by atoms with Crippen molar-refractivity contribution >= 4 is 30.0 Å². The molecule has 0 bridgehead atoms. The van der Waals surface area contributed by atoms with Crippen LogP contribution in [0.2, 0.25) is 0 Å². The van der Waals surface area contributed by atoms with Gasteiger partial charge < -0.3 is 15.0 Å². The summed E-state index contributed by atoms with van der Waals surface area (Å²) in [4.78, 5) is 35.1. The number of rotatable bonds is 5. The van der Waals surface area contributed by atoms with E-state index in [4.69, 9.17) is 4.74 Å². The van der Waals surface area contributed by atoms with E-state index in [0.29, 0.717) is 12.2 Å². The fourth-order valence-electron chi connectivity index (χ4n) is 1.70. The lowest BCUT2D eigenvalue weighted by atomic mass is 10.2. The van der Waals surface area contributed by atoms with Crippen LogP contribution in [0, 0.1) is 0 Å². The molecule has 1 heterocycles. The highest BCUT2D eigenvalue weighted by Gasteiger charge is 2.42. The van der Waals surface area contributed by atoms with Gasteiger partial charge in [-0.05, 0) is 20.8 Å². The second-order valence-electron chi connectivity index (χ2n) is 4.31. The van der Waals surface area contributed by atoms with Crippen molar-refractivity contribution < 1.29 is 19.1 Å². The maximum absolute atomic E-state index is 11.9. The van der Waals surface area contributed by atoms with Gasteiger partial charge in [-0.1, -0.05) is 0 Å². The molecule has 1 rings (SSSR count). The van der Waals surface area contributed by atoms with Gasteiger partial charge in [0.05, 0.1) is 11.5 Å². The summed E-state index contributed by atoms with van der Waals surface area (Å²) in [7, 11) is 0. The molecular weight excluding hydrogens is 256 g/mol. The monoisotopic (exact) mass is 274 g/mol. The Morgan fingerprint density at radius 2 is 2.22 bits per heavy atom. The van der Waals surface area contributed by atoms with Crippen molar-refractivity contribution in [2.75, 3.05) is 18.9 Å². The van der Waals surface area contributed by atoms with Crippen molar-refractivity contribution in [3.8, 4) is 0 Å². The van der Waals surface area contributed by atoms with Crippen molar-refractivity contribution in [1.29, 1.82) is 0 Å². The predicted molar refractivity (Wildman–Crippen MR) is 67.9 cm³/mol. The number of amides is 2. The average molecular weight is 274 g/mol. The molecule has 0 aromatic carbocycles. The van der Waals surface area contributed by atoms with Crippen molar-refractivity contribution in [2.24, 2.45) is 0 Å². The summed E-state index contributed by atoms with van der Waals surface area (Å²) in [6.07, 6.45) is 0.675. The number of ether oxygens (including phenoxy) is 1. The maximum atomic E-state index is 11.9. The van der Waals surface area contributed by atoms with Crippen molar-refractivity contribution in [1.82, 2.24) is 10.2 Å². The molecule has 1 atom stereocenters. The minimum absolute atomic E-state index is 0.166. The molecule has 2 amide bonds. The molecule has 0 aromatic heterocycles. The second-order valence-corrected chi connectivity index (χ2v) is 5.93. The molecule has 1 aliphatic rings. The lowest BCUT2D eigenvalue weighted by Crippen LogP contribution is -2.50. The number of nitrogens with one attached hydrogen (secondary N) is 1. The van der Waals surface area contributed by atoms with Gasteiger partial charge in [0.15, 0.2) is 0 Å². The van der Waals surface area contributed by atoms with Gasteiger partial charge in [0.25, 0.3) is 0 Å². The zero-order valence-electron chi connectivity index (χ0n) is 10.8. The molecule has 102 valence electrons. The molecule has 18 heavy (non-hydrogen) atoms. The van der Waals surface area contributed by atoms with Gasteiger partial charge in [-0.15, -0.1) is 11.8 Å². The van der Waals surface area contributed by atoms with Crippen LogP contribution in [-0.4, -0.2) is 53.0 Å². The molecule has 6 nitrogen and oxygen atoms in total. The zero-order chi connectivity index (χ0) is 13.8. The van der Waals surface area contributed by atoms with Crippen LogP contribution in [0.25, 0.3) is 0 Å². The van der Waals surface area contributed by atoms with Crippen LogP contribution in [0.1, 0.15) is 20.8 Å². The first kappa shape index (κ1) is 14.8. The normalized spacial score (nSPS) is 21.5. The van der Waals surface area contributed by atoms with Crippen molar-refractivity contribution in [3.63, 3.8) is 0 Å². The first-order valence-electron chi connectivity index (χ1n) is 5.73. The molecule has 1 fully saturated rings. The summed E-state index contributed by atoms with van der Waals surface area (Å²) >= 11 is 1.53. The van der Waals surface area contributed by atoms with Crippen LogP contribution in [0.4, 0.5) is 0 Å². The summed E-state index contributed by atoms with van der Waals surface area (Å²) in [5.41, 5.74) is 0. The van der Waals surface area contributed by atoms with E-state index in [1.165, 1.54) is 16.7 Å². The number of carbonyl (C=O) groups is 3. The maximum Gasteiger partial charge on any atom is 0.325 e. The Kier molecular flexibility index (Phi) is 5.01. The number of nitrogens with zero attached hydrogens (tertiary/aromatic N) is 1. The molecule has 1 aliphatic heterocycles. The fourth-order valence-corrected chi connectivity index (χ4v) is 2.90. The molecule has 0 aromatic rings. The van der Waals surface area contributed by atoms with Gasteiger partial charge in [0.1, 0.15) is 12.6 Å². The molecule has 1 N–H and O–H groups in total. The lowest BCUT2D eigenvalue weighted by Gasteiger charge is -2.30. The number of hydrogen-bond acceptors (Lipinski definition) is 5. The standard InChI is InChI=1S/C11H18N2O4S/c1-4-17-9(15)5-12-10(16)8-6-18-11(2,3)13(8)7-14/h7-8H,4-6H2,1-3H3,(H,12,16). The highest BCUT2D eigenvalue weighted by Crippen LogP contribution is 2.37. The SMILES string of the molecule is CCOC(=O)CNC(=O)C1CSC(C)(C)N1C=O. The number of hydrogen-bond donors (Lipinski definition) is 1. The third-order valence-corrected chi connectivity index (χ3v) is 4.08. The largest absolute Gasteiger partial charge is 0.465 e. The predicted octanol–water partition coefficient (Wildman–Crippen LogP) is -0.0244. The van der Waals surface area contributed by atoms with E-state index in [0.717, 1.165) is 0 Å². The van der Waals surface area contributed by atoms with Crippen molar-refractivity contribution in [3.05, 3.63) is 0 Å². The topological polar surface area (TPSA) is 75.7 Å². The molecule has 0 saturated carbocycles. The average Bonchev–Trinajstić information content (AvgIpc) is 2.61. The fraction of sp³-hybridized carbons (Fsp3) is 0.727. The van der Waals surface area contributed by atoms with Crippen LogP contribution >= 0.6 is 11.8 Å². The van der Waals surface area contributed by atoms with Crippen LogP contribution in [0.15, 0.2) is 0 Å². The van der Waals surface area contributed by atoms with Gasteiger partial charge in [-0.3, -0.25) is 14.4 Å². The Bertz CT molecular complexity index is 346. The van der Waals surface area contributed by atoms with Crippen LogP contribution < -0.4 is 5.32 Å². The minimum atomic E-state index is -0.531. The van der Waals surface area contributed by atoms with Gasteiger partial charge >= 0.3 is 5.97 Å². The van der Waals surface area contributed by atoms with E-state index in [-0.39, 0.29) is 19.1 Å². The summed E-state index contributed by atoms with van der Waals surface area (Å²) in [5, 5.41) is 2.48. The quantitative estimate of drug-likeness (QED) is 0.563. The molecule has 1 saturated heterocycles. The van der Waals surface area contributed by atoms with Crippen molar-refractivity contribution in [2.45, 2.75) is 31.7 Å². The van der Waals surface area contributed by atoms with Crippen LogP contribution in [0.3, 0.4) is 0 Å². The first-order valence-corrected chi connectivity index (χ1v) is 6.72. The molecule has 7 heteroatoms. The van der Waals surface area contributed by atoms with Crippen LogP contribution in [0.5, 0.6) is 0 Å². The Hall–Kier alpha value is -1.24. The first-order chi connectivity index (χ1) is 8.42. The Morgan fingerprint density at radius 3 is 2.78 bits per heavy atom. The van der Waals surface area contributed by atoms with E-state index < -0.39 is 16.9 Å². The van der Waals surface area contributed by atoms with E-state index in [1.807, 2.05) is 13.8 Å². The lowest BCUT2D eigenvalue weighted by molar-refractivity contribution is -0.144. The summed E-state index contributed by atoms with van der Waals surface area (Å²) in [6, 6.07) is -0.531. The molecule has 0 radical (unpaired) electrons. The second kappa shape index (κ2) is 6.08. The summed E-state index contributed by atoms with van der Waals surface area (Å²) in [5.74, 6) is -0.276. The number of esters is 1. The molecule has 0 aliphatic carbocycles. The molecule has 0 spiro atoms. The number of carbonyl (C=O) groups excluding carboxylic acids is 3. The highest BCUT2D eigenvalue weighted by molar-refractivity contribution is 8.00. The zero-order valence-corrected chi connectivity index (χ0v) is 11.6. The Labute approximate surface area is 110 Å². The molecule has 1 unspecified atom stereocenters. The highest BCUT2D eigenvalue weighted by atomic mass is 32.2. The third kappa shape index (κ3) is 3.38. The number of thioether (sulfide) groups is 1. The van der Waals surface area contributed by atoms with E-state index >= 15 is 0 Å². The third-order valence-electron chi connectivity index (χ3n) is 2.68.